The summed E-state index contributed by atoms with van der Waals surface area (Å²) in [6.07, 6.45) is 6.05. The van der Waals surface area contributed by atoms with Gasteiger partial charge < -0.3 is 4.79 Å². The highest BCUT2D eigenvalue weighted by molar-refractivity contribution is 5.49. The average Bonchev–Trinajstić information content (AvgIpc) is 2.23. The van der Waals surface area contributed by atoms with Crippen molar-refractivity contribution in [3.8, 4) is 0 Å². The maximum atomic E-state index is 11.8. The van der Waals surface area contributed by atoms with E-state index in [0.29, 0.717) is 0 Å². The predicted octanol–water partition coefficient (Wildman–Crippen LogP) is 0.321. The molecule has 0 bridgehead atoms. The Morgan fingerprint density at radius 3 is 3.00 bits per heavy atom. The molecule has 1 aromatic heterocycles. The number of carbonyl (C=O) groups is 1. The van der Waals surface area contributed by atoms with Crippen molar-refractivity contribution in [2.75, 3.05) is 0 Å². The fourth-order valence-corrected chi connectivity index (χ4v) is 1.84. The molecule has 0 fully saturated rings. The third-order valence-corrected chi connectivity index (χ3v) is 2.58. The first-order valence-electron chi connectivity index (χ1n) is 4.84. The third kappa shape index (κ3) is 1.47. The Bertz CT molecular complexity index is 409. The van der Waals surface area contributed by atoms with Gasteiger partial charge in [0.15, 0.2) is 0 Å². The lowest BCUT2D eigenvalue weighted by molar-refractivity contribution is -0.108. The molecule has 0 aromatic carbocycles. The van der Waals surface area contributed by atoms with Crippen molar-refractivity contribution in [3.63, 3.8) is 0 Å². The van der Waals surface area contributed by atoms with Gasteiger partial charge in [-0.25, -0.2) is 4.98 Å². The van der Waals surface area contributed by atoms with Crippen LogP contribution in [-0.4, -0.2) is 15.8 Å². The van der Waals surface area contributed by atoms with E-state index in [1.165, 1.54) is 10.9 Å². The van der Waals surface area contributed by atoms with E-state index < -0.39 is 0 Å². The van der Waals surface area contributed by atoms with E-state index >= 15 is 0 Å². The van der Waals surface area contributed by atoms with Crippen molar-refractivity contribution in [2.24, 2.45) is 0 Å². The minimum atomic E-state index is -0.0400. The molecule has 0 aliphatic heterocycles. The van der Waals surface area contributed by atoms with Crippen molar-refractivity contribution in [1.82, 2.24) is 9.55 Å². The molecule has 0 radical (unpaired) electrons. The highest BCUT2D eigenvalue weighted by Gasteiger charge is 2.14. The van der Waals surface area contributed by atoms with Gasteiger partial charge >= 0.3 is 0 Å². The number of hydrogen-bond donors (Lipinski definition) is 0. The molecule has 1 aromatic rings. The van der Waals surface area contributed by atoms with E-state index in [-0.39, 0.29) is 12.1 Å². The zero-order valence-corrected chi connectivity index (χ0v) is 7.90. The molecule has 4 nitrogen and oxygen atoms in total. The molecule has 0 atom stereocenters. The van der Waals surface area contributed by atoms with Crippen LogP contribution in [0.1, 0.15) is 24.1 Å². The topological polar surface area (TPSA) is 52.0 Å². The second kappa shape index (κ2) is 3.74. The summed E-state index contributed by atoms with van der Waals surface area (Å²) >= 11 is 0. The summed E-state index contributed by atoms with van der Waals surface area (Å²) in [7, 11) is 0. The van der Waals surface area contributed by atoms with E-state index in [9.17, 15) is 9.59 Å². The van der Waals surface area contributed by atoms with Crippen LogP contribution in [0.3, 0.4) is 0 Å². The maximum Gasteiger partial charge on any atom is 0.257 e. The molecule has 0 saturated heterocycles. The molecule has 1 aliphatic carbocycles. The summed E-state index contributed by atoms with van der Waals surface area (Å²) in [6.45, 7) is 0.110. The zero-order chi connectivity index (χ0) is 9.97. The molecule has 4 heteroatoms. The van der Waals surface area contributed by atoms with Gasteiger partial charge in [0, 0.05) is 5.56 Å². The van der Waals surface area contributed by atoms with Crippen LogP contribution in [0.25, 0.3) is 0 Å². The SMILES string of the molecule is O=CCn1cnc2c(c1=O)CCCC2. The summed E-state index contributed by atoms with van der Waals surface area (Å²) in [4.78, 5) is 26.3. The minimum Gasteiger partial charge on any atom is -0.301 e. The average molecular weight is 192 g/mol. The van der Waals surface area contributed by atoms with Gasteiger partial charge in [0.2, 0.25) is 0 Å². The molecule has 1 aliphatic rings. The van der Waals surface area contributed by atoms with Gasteiger partial charge in [0.05, 0.1) is 18.6 Å². The quantitative estimate of drug-likeness (QED) is 0.634. The van der Waals surface area contributed by atoms with E-state index in [2.05, 4.69) is 4.98 Å². The lowest BCUT2D eigenvalue weighted by Crippen LogP contribution is -2.28. The largest absolute Gasteiger partial charge is 0.301 e. The summed E-state index contributed by atoms with van der Waals surface area (Å²) in [5.41, 5.74) is 1.69. The van der Waals surface area contributed by atoms with Crippen molar-refractivity contribution >= 4 is 6.29 Å². The highest BCUT2D eigenvalue weighted by atomic mass is 16.1. The van der Waals surface area contributed by atoms with Gasteiger partial charge in [0.1, 0.15) is 6.29 Å². The van der Waals surface area contributed by atoms with Crippen LogP contribution >= 0.6 is 0 Å². The molecule has 1 heterocycles. The van der Waals surface area contributed by atoms with Crippen molar-refractivity contribution in [2.45, 2.75) is 32.2 Å². The Kier molecular flexibility index (Phi) is 2.43. The molecule has 0 amide bonds. The number of hydrogen-bond acceptors (Lipinski definition) is 3. The van der Waals surface area contributed by atoms with Crippen LogP contribution in [0.2, 0.25) is 0 Å². The van der Waals surface area contributed by atoms with Gasteiger partial charge in [-0.2, -0.15) is 0 Å². The lowest BCUT2D eigenvalue weighted by Gasteiger charge is -2.14. The Morgan fingerprint density at radius 2 is 2.21 bits per heavy atom. The van der Waals surface area contributed by atoms with Gasteiger partial charge in [-0.05, 0) is 25.7 Å². The standard InChI is InChI=1S/C10H12N2O2/c13-6-5-12-7-11-9-4-2-1-3-8(9)10(12)14/h6-7H,1-5H2. The number of nitrogens with zero attached hydrogens (tertiary/aromatic N) is 2. The third-order valence-electron chi connectivity index (χ3n) is 2.58. The first-order chi connectivity index (χ1) is 6.83. The Balaban J connectivity index is 2.48. The first-order valence-corrected chi connectivity index (χ1v) is 4.84. The van der Waals surface area contributed by atoms with Gasteiger partial charge in [-0.15, -0.1) is 0 Å². The van der Waals surface area contributed by atoms with E-state index in [1.807, 2.05) is 0 Å². The highest BCUT2D eigenvalue weighted by Crippen LogP contribution is 2.14. The fourth-order valence-electron chi connectivity index (χ4n) is 1.84. The van der Waals surface area contributed by atoms with Gasteiger partial charge in [0.25, 0.3) is 5.56 Å². The summed E-state index contributed by atoms with van der Waals surface area (Å²) in [5.74, 6) is 0. The second-order valence-electron chi connectivity index (χ2n) is 3.50. The Labute approximate surface area is 81.6 Å². The number of fused-ring (bicyclic) bond motifs is 1. The van der Waals surface area contributed by atoms with Crippen molar-refractivity contribution in [3.05, 3.63) is 27.9 Å². The van der Waals surface area contributed by atoms with E-state index in [4.69, 9.17) is 0 Å². The summed E-state index contributed by atoms with van der Waals surface area (Å²) in [5, 5.41) is 0. The molecular weight excluding hydrogens is 180 g/mol. The molecule has 0 saturated carbocycles. The smallest absolute Gasteiger partial charge is 0.257 e. The zero-order valence-electron chi connectivity index (χ0n) is 7.90. The van der Waals surface area contributed by atoms with Crippen LogP contribution in [0, 0.1) is 0 Å². The van der Waals surface area contributed by atoms with Crippen LogP contribution in [0.4, 0.5) is 0 Å². The molecule has 0 unspecified atom stereocenters. The molecule has 14 heavy (non-hydrogen) atoms. The molecule has 0 spiro atoms. The molecular formula is C10H12N2O2. The molecule has 0 N–H and O–H groups in total. The summed E-state index contributed by atoms with van der Waals surface area (Å²) < 4.78 is 1.37. The Hall–Kier alpha value is -1.45. The van der Waals surface area contributed by atoms with Crippen LogP contribution in [0.5, 0.6) is 0 Å². The van der Waals surface area contributed by atoms with E-state index in [1.54, 1.807) is 0 Å². The molecule has 74 valence electrons. The summed E-state index contributed by atoms with van der Waals surface area (Å²) in [6, 6.07) is 0. The van der Waals surface area contributed by atoms with Crippen LogP contribution < -0.4 is 5.56 Å². The first kappa shape index (κ1) is 9.12. The number of carbonyl (C=O) groups excluding carboxylic acids is 1. The fraction of sp³-hybridized carbons (Fsp3) is 0.500. The van der Waals surface area contributed by atoms with Crippen LogP contribution in [0.15, 0.2) is 11.1 Å². The number of aldehydes is 1. The van der Waals surface area contributed by atoms with Crippen molar-refractivity contribution in [1.29, 1.82) is 0 Å². The number of aryl methyl sites for hydroxylation is 1. The Morgan fingerprint density at radius 1 is 1.43 bits per heavy atom. The number of rotatable bonds is 2. The predicted molar refractivity (Wildman–Crippen MR) is 51.2 cm³/mol. The second-order valence-corrected chi connectivity index (χ2v) is 3.50. The van der Waals surface area contributed by atoms with Crippen molar-refractivity contribution < 1.29 is 4.79 Å². The number of aromatic nitrogens is 2. The normalized spacial score (nSPS) is 14.9. The lowest BCUT2D eigenvalue weighted by atomic mass is 9.97. The monoisotopic (exact) mass is 192 g/mol. The molecule has 2 rings (SSSR count). The van der Waals surface area contributed by atoms with Crippen LogP contribution in [-0.2, 0) is 24.2 Å². The van der Waals surface area contributed by atoms with Gasteiger partial charge in [-0.3, -0.25) is 9.36 Å². The maximum absolute atomic E-state index is 11.8. The van der Waals surface area contributed by atoms with E-state index in [0.717, 1.165) is 43.2 Å². The minimum absolute atomic E-state index is 0.0400. The van der Waals surface area contributed by atoms with Gasteiger partial charge in [-0.1, -0.05) is 0 Å².